The topological polar surface area (TPSA) is 57.3 Å². The van der Waals surface area contributed by atoms with Gasteiger partial charge < -0.3 is 15.5 Å². The molecular weight excluding hydrogens is 288 g/mol. The Balaban J connectivity index is 1.97. The van der Waals surface area contributed by atoms with Gasteiger partial charge in [-0.15, -0.1) is 0 Å². The van der Waals surface area contributed by atoms with Gasteiger partial charge in [0.25, 0.3) is 5.91 Å². The number of nitrogens with one attached hydrogen (secondary N) is 2. The summed E-state index contributed by atoms with van der Waals surface area (Å²) in [5, 5.41) is 6.17. The van der Waals surface area contributed by atoms with Crippen LogP contribution >= 0.6 is 0 Å². The molecule has 0 aliphatic carbocycles. The molecule has 0 aliphatic heterocycles. The summed E-state index contributed by atoms with van der Waals surface area (Å²) in [6.07, 6.45) is 1.68. The fourth-order valence-corrected chi connectivity index (χ4v) is 2.20. The van der Waals surface area contributed by atoms with Crippen molar-refractivity contribution in [3.63, 3.8) is 0 Å². The molecule has 0 saturated carbocycles. The van der Waals surface area contributed by atoms with Gasteiger partial charge in [-0.1, -0.05) is 17.7 Å². The van der Waals surface area contributed by atoms with Gasteiger partial charge in [0.2, 0.25) is 0 Å². The minimum Gasteiger partial charge on any atom is -0.354 e. The van der Waals surface area contributed by atoms with Gasteiger partial charge in [-0.25, -0.2) is 4.98 Å². The summed E-state index contributed by atoms with van der Waals surface area (Å²) in [7, 11) is 3.94. The fourth-order valence-electron chi connectivity index (χ4n) is 2.20. The zero-order valence-electron chi connectivity index (χ0n) is 14.2. The number of nitrogens with zero attached hydrogens (tertiary/aromatic N) is 2. The van der Waals surface area contributed by atoms with Crippen LogP contribution in [0.15, 0.2) is 36.5 Å². The minimum absolute atomic E-state index is 0.148. The van der Waals surface area contributed by atoms with E-state index < -0.39 is 0 Å². The van der Waals surface area contributed by atoms with Crippen LogP contribution < -0.4 is 10.6 Å². The number of hydrogen-bond acceptors (Lipinski definition) is 4. The van der Waals surface area contributed by atoms with E-state index in [-0.39, 0.29) is 5.91 Å². The van der Waals surface area contributed by atoms with Crippen molar-refractivity contribution in [1.82, 2.24) is 15.2 Å². The standard InChI is InChI=1S/C18H24N4O/c1-13-5-7-16(14(2)11-13)21-15-6-8-17(20-12-15)18(23)19-9-10-22(3)4/h5-8,11-12,21H,9-10H2,1-4H3,(H,19,23). The number of pyridine rings is 1. The molecule has 0 radical (unpaired) electrons. The number of aryl methyl sites for hydroxylation is 2. The first kappa shape index (κ1) is 17.0. The lowest BCUT2D eigenvalue weighted by molar-refractivity contribution is 0.0946. The number of anilines is 2. The van der Waals surface area contributed by atoms with Crippen molar-refractivity contribution in [2.75, 3.05) is 32.5 Å². The van der Waals surface area contributed by atoms with E-state index in [9.17, 15) is 4.79 Å². The van der Waals surface area contributed by atoms with E-state index in [0.717, 1.165) is 17.9 Å². The molecule has 2 rings (SSSR count). The van der Waals surface area contributed by atoms with Crippen LogP contribution in [0.1, 0.15) is 21.6 Å². The monoisotopic (exact) mass is 312 g/mol. The summed E-state index contributed by atoms with van der Waals surface area (Å²) in [5.74, 6) is -0.148. The smallest absolute Gasteiger partial charge is 0.269 e. The van der Waals surface area contributed by atoms with Crippen LogP contribution in [0.25, 0.3) is 0 Å². The lowest BCUT2D eigenvalue weighted by Crippen LogP contribution is -2.31. The molecule has 0 bridgehead atoms. The van der Waals surface area contributed by atoms with Crippen molar-refractivity contribution >= 4 is 17.3 Å². The van der Waals surface area contributed by atoms with Crippen LogP contribution in [0.5, 0.6) is 0 Å². The first-order valence-corrected chi connectivity index (χ1v) is 7.69. The van der Waals surface area contributed by atoms with Crippen molar-refractivity contribution in [1.29, 1.82) is 0 Å². The fraction of sp³-hybridized carbons (Fsp3) is 0.333. The number of hydrogen-bond donors (Lipinski definition) is 2. The molecule has 1 aromatic heterocycles. The van der Waals surface area contributed by atoms with Crippen LogP contribution in [0.3, 0.4) is 0 Å². The van der Waals surface area contributed by atoms with Crippen LogP contribution in [0.2, 0.25) is 0 Å². The van der Waals surface area contributed by atoms with E-state index in [4.69, 9.17) is 0 Å². The molecule has 5 heteroatoms. The zero-order valence-corrected chi connectivity index (χ0v) is 14.2. The first-order chi connectivity index (χ1) is 11.0. The number of likely N-dealkylation sites (N-methyl/N-ethyl adjacent to an activating group) is 1. The summed E-state index contributed by atoms with van der Waals surface area (Å²) >= 11 is 0. The third kappa shape index (κ3) is 5.07. The molecule has 0 fully saturated rings. The maximum absolute atomic E-state index is 12.0. The molecule has 2 aromatic rings. The maximum atomic E-state index is 12.0. The van der Waals surface area contributed by atoms with Crippen molar-refractivity contribution in [3.8, 4) is 0 Å². The largest absolute Gasteiger partial charge is 0.354 e. The number of benzene rings is 1. The van der Waals surface area contributed by atoms with Crippen molar-refractivity contribution in [3.05, 3.63) is 53.3 Å². The number of aromatic nitrogens is 1. The Morgan fingerprint density at radius 1 is 1.17 bits per heavy atom. The van der Waals surface area contributed by atoms with E-state index in [2.05, 4.69) is 41.6 Å². The van der Waals surface area contributed by atoms with Crippen LogP contribution in [0, 0.1) is 13.8 Å². The molecule has 2 N–H and O–H groups in total. The van der Waals surface area contributed by atoms with E-state index in [0.29, 0.717) is 12.2 Å². The highest BCUT2D eigenvalue weighted by Gasteiger charge is 2.07. The van der Waals surface area contributed by atoms with Crippen molar-refractivity contribution < 1.29 is 4.79 Å². The summed E-state index contributed by atoms with van der Waals surface area (Å²) in [6, 6.07) is 9.84. The third-order valence-corrected chi connectivity index (χ3v) is 3.50. The van der Waals surface area contributed by atoms with E-state index >= 15 is 0 Å². The SMILES string of the molecule is Cc1ccc(Nc2ccc(C(=O)NCCN(C)C)nc2)c(C)c1. The highest BCUT2D eigenvalue weighted by atomic mass is 16.1. The Bertz CT molecular complexity index is 665. The zero-order chi connectivity index (χ0) is 16.8. The maximum Gasteiger partial charge on any atom is 0.269 e. The second kappa shape index (κ2) is 7.74. The van der Waals surface area contributed by atoms with Gasteiger partial charge in [0, 0.05) is 18.8 Å². The Morgan fingerprint density at radius 2 is 1.96 bits per heavy atom. The van der Waals surface area contributed by atoms with E-state index in [1.807, 2.05) is 31.1 Å². The summed E-state index contributed by atoms with van der Waals surface area (Å²) in [6.45, 7) is 5.55. The molecule has 0 unspecified atom stereocenters. The summed E-state index contributed by atoms with van der Waals surface area (Å²) in [5.41, 5.74) is 4.74. The molecule has 0 aliphatic rings. The molecular formula is C18H24N4O. The summed E-state index contributed by atoms with van der Waals surface area (Å²) in [4.78, 5) is 18.2. The highest BCUT2D eigenvalue weighted by molar-refractivity contribution is 5.92. The predicted octanol–water partition coefficient (Wildman–Crippen LogP) is 2.73. The molecule has 5 nitrogen and oxygen atoms in total. The molecule has 1 heterocycles. The minimum atomic E-state index is -0.148. The lowest BCUT2D eigenvalue weighted by atomic mass is 10.1. The van der Waals surface area contributed by atoms with Crippen LogP contribution in [0.4, 0.5) is 11.4 Å². The lowest BCUT2D eigenvalue weighted by Gasteiger charge is -2.11. The molecule has 1 aromatic carbocycles. The van der Waals surface area contributed by atoms with Gasteiger partial charge in [-0.2, -0.15) is 0 Å². The molecule has 23 heavy (non-hydrogen) atoms. The Labute approximate surface area is 137 Å². The van der Waals surface area contributed by atoms with Crippen LogP contribution in [-0.4, -0.2) is 43.0 Å². The van der Waals surface area contributed by atoms with Crippen molar-refractivity contribution in [2.45, 2.75) is 13.8 Å². The summed E-state index contributed by atoms with van der Waals surface area (Å²) < 4.78 is 0. The van der Waals surface area contributed by atoms with Gasteiger partial charge in [0.1, 0.15) is 5.69 Å². The third-order valence-electron chi connectivity index (χ3n) is 3.50. The second-order valence-corrected chi connectivity index (χ2v) is 5.93. The highest BCUT2D eigenvalue weighted by Crippen LogP contribution is 2.21. The Kier molecular flexibility index (Phi) is 5.71. The van der Waals surface area contributed by atoms with Gasteiger partial charge >= 0.3 is 0 Å². The molecule has 0 atom stereocenters. The molecule has 122 valence electrons. The Hall–Kier alpha value is -2.40. The van der Waals surface area contributed by atoms with Gasteiger partial charge in [-0.3, -0.25) is 4.79 Å². The number of rotatable bonds is 6. The van der Waals surface area contributed by atoms with Crippen molar-refractivity contribution in [2.24, 2.45) is 0 Å². The van der Waals surface area contributed by atoms with E-state index in [1.165, 1.54) is 11.1 Å². The average Bonchev–Trinajstić information content (AvgIpc) is 2.50. The van der Waals surface area contributed by atoms with Gasteiger partial charge in [0.15, 0.2) is 0 Å². The van der Waals surface area contributed by atoms with Gasteiger partial charge in [0.05, 0.1) is 11.9 Å². The quantitative estimate of drug-likeness (QED) is 0.861. The number of amides is 1. The molecule has 1 amide bonds. The Morgan fingerprint density at radius 3 is 2.57 bits per heavy atom. The predicted molar refractivity (Wildman–Crippen MR) is 94.3 cm³/mol. The molecule has 0 saturated heterocycles. The average molecular weight is 312 g/mol. The van der Waals surface area contributed by atoms with Crippen LogP contribution in [-0.2, 0) is 0 Å². The normalized spacial score (nSPS) is 10.7. The number of carbonyl (C=O) groups is 1. The second-order valence-electron chi connectivity index (χ2n) is 5.93. The first-order valence-electron chi connectivity index (χ1n) is 7.69. The number of carbonyl (C=O) groups excluding carboxylic acids is 1. The van der Waals surface area contributed by atoms with Gasteiger partial charge in [-0.05, 0) is 51.7 Å². The van der Waals surface area contributed by atoms with E-state index in [1.54, 1.807) is 12.3 Å². The molecule has 0 spiro atoms.